The summed E-state index contributed by atoms with van der Waals surface area (Å²) in [4.78, 5) is 0. The second kappa shape index (κ2) is 2.85. The highest BCUT2D eigenvalue weighted by Crippen LogP contribution is 2.42. The molecule has 1 fully saturated rings. The normalized spacial score (nSPS) is 18.8. The Bertz CT molecular complexity index is 343. The first-order valence-corrected chi connectivity index (χ1v) is 4.44. The van der Waals surface area contributed by atoms with Gasteiger partial charge in [-0.3, -0.25) is 0 Å². The summed E-state index contributed by atoms with van der Waals surface area (Å²) in [5, 5.41) is 9.02. The summed E-state index contributed by atoms with van der Waals surface area (Å²) in [6.45, 7) is 0. The predicted octanol–water partition coefficient (Wildman–Crippen LogP) is 2.77. The smallest absolute Gasteiger partial charge is 0.123 e. The number of nitriles is 1. The van der Waals surface area contributed by atoms with Gasteiger partial charge in [-0.15, -0.1) is 0 Å². The van der Waals surface area contributed by atoms with E-state index in [0.717, 1.165) is 24.8 Å². The van der Waals surface area contributed by atoms with E-state index in [1.54, 1.807) is 12.1 Å². The summed E-state index contributed by atoms with van der Waals surface area (Å²) >= 11 is 0. The number of hydrogen-bond acceptors (Lipinski definition) is 1. The topological polar surface area (TPSA) is 23.8 Å². The van der Waals surface area contributed by atoms with Crippen LogP contribution in [0.2, 0.25) is 0 Å². The molecule has 2 heteroatoms. The molecule has 0 heterocycles. The molecule has 0 N–H and O–H groups in total. The minimum atomic E-state index is -0.312. The summed E-state index contributed by atoms with van der Waals surface area (Å²) in [6.07, 6.45) is 2.93. The molecular weight excluding hydrogens is 165 g/mol. The number of hydrogen-bond donors (Lipinski definition) is 0. The molecule has 1 aliphatic carbocycles. The molecule has 0 aromatic heterocycles. The van der Waals surface area contributed by atoms with E-state index in [1.165, 1.54) is 12.1 Å². The first-order chi connectivity index (χ1) is 6.27. The average molecular weight is 175 g/mol. The maximum Gasteiger partial charge on any atom is 0.123 e. The highest BCUT2D eigenvalue weighted by Gasteiger charge is 2.38. The van der Waals surface area contributed by atoms with Gasteiger partial charge in [-0.2, -0.15) is 5.26 Å². The van der Waals surface area contributed by atoms with Gasteiger partial charge in [0.25, 0.3) is 0 Å². The predicted molar refractivity (Wildman–Crippen MR) is 47.5 cm³/mol. The molecule has 0 amide bonds. The summed E-state index contributed by atoms with van der Waals surface area (Å²) in [5.41, 5.74) is 0.649. The van der Waals surface area contributed by atoms with Crippen LogP contribution in [-0.4, -0.2) is 0 Å². The zero-order valence-electron chi connectivity index (χ0n) is 7.26. The van der Waals surface area contributed by atoms with Crippen molar-refractivity contribution in [1.29, 1.82) is 5.26 Å². The lowest BCUT2D eigenvalue weighted by atomic mass is 9.65. The van der Waals surface area contributed by atoms with Crippen LogP contribution >= 0.6 is 0 Å². The molecule has 0 saturated heterocycles. The molecule has 1 saturated carbocycles. The fourth-order valence-corrected chi connectivity index (χ4v) is 1.76. The Labute approximate surface area is 76.8 Å². The molecule has 0 unspecified atom stereocenters. The third kappa shape index (κ3) is 1.21. The van der Waals surface area contributed by atoms with Crippen molar-refractivity contribution in [2.45, 2.75) is 24.7 Å². The molecule has 1 nitrogen and oxygen atoms in total. The molecule has 2 rings (SSSR count). The summed E-state index contributed by atoms with van der Waals surface area (Å²) in [5.74, 6) is -0.240. The van der Waals surface area contributed by atoms with Crippen LogP contribution in [-0.2, 0) is 5.41 Å². The number of nitrogens with zero attached hydrogens (tertiary/aromatic N) is 1. The van der Waals surface area contributed by atoms with Crippen LogP contribution in [0.25, 0.3) is 0 Å². The van der Waals surface area contributed by atoms with Gasteiger partial charge in [0.2, 0.25) is 0 Å². The van der Waals surface area contributed by atoms with Gasteiger partial charge in [-0.25, -0.2) is 4.39 Å². The molecule has 0 aliphatic heterocycles. The quantitative estimate of drug-likeness (QED) is 0.643. The molecule has 1 aromatic carbocycles. The largest absolute Gasteiger partial charge is 0.207 e. The third-order valence-corrected chi connectivity index (χ3v) is 2.82. The van der Waals surface area contributed by atoms with Crippen LogP contribution < -0.4 is 0 Å². The lowest BCUT2D eigenvalue weighted by molar-refractivity contribution is 0.324. The van der Waals surface area contributed by atoms with Crippen LogP contribution in [0.3, 0.4) is 0 Å². The van der Waals surface area contributed by atoms with Gasteiger partial charge < -0.3 is 0 Å². The van der Waals surface area contributed by atoms with E-state index in [4.69, 9.17) is 5.26 Å². The van der Waals surface area contributed by atoms with Gasteiger partial charge in [0, 0.05) is 0 Å². The number of halogens is 1. The monoisotopic (exact) mass is 175 g/mol. The molecule has 0 radical (unpaired) electrons. The lowest BCUT2D eigenvalue weighted by Gasteiger charge is -2.35. The van der Waals surface area contributed by atoms with Crippen molar-refractivity contribution in [3.8, 4) is 6.07 Å². The van der Waals surface area contributed by atoms with Gasteiger partial charge in [0.05, 0.1) is 11.5 Å². The van der Waals surface area contributed by atoms with Crippen LogP contribution in [0.15, 0.2) is 24.3 Å². The van der Waals surface area contributed by atoms with Gasteiger partial charge in [-0.05, 0) is 37.0 Å². The molecule has 1 aromatic rings. The van der Waals surface area contributed by atoms with Gasteiger partial charge in [-0.1, -0.05) is 12.1 Å². The maximum atomic E-state index is 12.6. The van der Waals surface area contributed by atoms with Crippen molar-refractivity contribution in [2.24, 2.45) is 0 Å². The molecule has 13 heavy (non-hydrogen) atoms. The maximum absolute atomic E-state index is 12.6. The zero-order valence-corrected chi connectivity index (χ0v) is 7.26. The third-order valence-electron chi connectivity index (χ3n) is 2.82. The van der Waals surface area contributed by atoms with E-state index in [-0.39, 0.29) is 11.2 Å². The summed E-state index contributed by atoms with van der Waals surface area (Å²) in [7, 11) is 0. The Hall–Kier alpha value is -1.36. The fraction of sp³-hybridized carbons (Fsp3) is 0.364. The Morgan fingerprint density at radius 3 is 2.23 bits per heavy atom. The molecule has 0 bridgehead atoms. The minimum Gasteiger partial charge on any atom is -0.207 e. The second-order valence-electron chi connectivity index (χ2n) is 3.55. The second-order valence-corrected chi connectivity index (χ2v) is 3.55. The van der Waals surface area contributed by atoms with Crippen LogP contribution in [0, 0.1) is 17.1 Å². The summed E-state index contributed by atoms with van der Waals surface area (Å²) < 4.78 is 12.6. The molecule has 0 atom stereocenters. The van der Waals surface area contributed by atoms with Crippen molar-refractivity contribution >= 4 is 0 Å². The highest BCUT2D eigenvalue weighted by atomic mass is 19.1. The minimum absolute atomic E-state index is 0.240. The SMILES string of the molecule is N#CC1(c2ccc(F)cc2)CCC1. The van der Waals surface area contributed by atoms with E-state index in [1.807, 2.05) is 0 Å². The molecule has 66 valence electrons. The van der Waals surface area contributed by atoms with Gasteiger partial charge in [0.15, 0.2) is 0 Å². The van der Waals surface area contributed by atoms with E-state index in [2.05, 4.69) is 6.07 Å². The van der Waals surface area contributed by atoms with Crippen LogP contribution in [0.1, 0.15) is 24.8 Å². The standard InChI is InChI=1S/C11H10FN/c12-10-4-2-9(3-5-10)11(8-13)6-1-7-11/h2-5H,1,6-7H2. The Morgan fingerprint density at radius 1 is 1.23 bits per heavy atom. The Kier molecular flexibility index (Phi) is 1.81. The van der Waals surface area contributed by atoms with E-state index in [9.17, 15) is 4.39 Å². The molecule has 1 aliphatic rings. The zero-order chi connectivity index (χ0) is 9.31. The lowest BCUT2D eigenvalue weighted by Crippen LogP contribution is -2.32. The van der Waals surface area contributed by atoms with Crippen LogP contribution in [0.5, 0.6) is 0 Å². The van der Waals surface area contributed by atoms with Gasteiger partial charge >= 0.3 is 0 Å². The fourth-order valence-electron chi connectivity index (χ4n) is 1.76. The van der Waals surface area contributed by atoms with E-state index in [0.29, 0.717) is 0 Å². The Balaban J connectivity index is 2.35. The van der Waals surface area contributed by atoms with Crippen molar-refractivity contribution < 1.29 is 4.39 Å². The Morgan fingerprint density at radius 2 is 1.85 bits per heavy atom. The van der Waals surface area contributed by atoms with Crippen molar-refractivity contribution in [2.75, 3.05) is 0 Å². The van der Waals surface area contributed by atoms with Crippen molar-refractivity contribution in [3.05, 3.63) is 35.6 Å². The van der Waals surface area contributed by atoms with E-state index >= 15 is 0 Å². The van der Waals surface area contributed by atoms with Crippen molar-refractivity contribution in [3.63, 3.8) is 0 Å². The number of benzene rings is 1. The number of rotatable bonds is 1. The van der Waals surface area contributed by atoms with Gasteiger partial charge in [0.1, 0.15) is 5.82 Å². The molecular formula is C11H10FN. The summed E-state index contributed by atoms with van der Waals surface area (Å²) in [6, 6.07) is 8.61. The first-order valence-electron chi connectivity index (χ1n) is 4.44. The first kappa shape index (κ1) is 8.25. The average Bonchev–Trinajstić information content (AvgIpc) is 2.07. The van der Waals surface area contributed by atoms with Crippen LogP contribution in [0.4, 0.5) is 4.39 Å². The van der Waals surface area contributed by atoms with E-state index < -0.39 is 0 Å². The highest BCUT2D eigenvalue weighted by molar-refractivity contribution is 5.35. The van der Waals surface area contributed by atoms with Crippen molar-refractivity contribution in [1.82, 2.24) is 0 Å². The molecule has 0 spiro atoms.